The molecule has 5 nitrogen and oxygen atoms in total. The summed E-state index contributed by atoms with van der Waals surface area (Å²) in [6.45, 7) is 5.86. The molecule has 1 N–H and O–H groups in total. The summed E-state index contributed by atoms with van der Waals surface area (Å²) in [6.07, 6.45) is 0. The molecule has 0 atom stereocenters. The molecule has 0 radical (unpaired) electrons. The molecule has 0 aromatic heterocycles. The average molecular weight is 326 g/mol. The molecule has 126 valence electrons. The summed E-state index contributed by atoms with van der Waals surface area (Å²) < 4.78 is 5.39. The summed E-state index contributed by atoms with van der Waals surface area (Å²) in [5.74, 6) is 0.287. The molecule has 5 heteroatoms. The van der Waals surface area contributed by atoms with Crippen molar-refractivity contribution in [2.75, 3.05) is 23.4 Å². The van der Waals surface area contributed by atoms with E-state index in [4.69, 9.17) is 4.74 Å². The van der Waals surface area contributed by atoms with Crippen LogP contribution in [0.5, 0.6) is 5.75 Å². The van der Waals surface area contributed by atoms with E-state index in [-0.39, 0.29) is 18.4 Å². The number of hydrogen-bond donors (Lipinski definition) is 1. The third-order valence-corrected chi connectivity index (χ3v) is 3.48. The molecule has 2 amide bonds. The Morgan fingerprint density at radius 2 is 1.67 bits per heavy atom. The molecule has 24 heavy (non-hydrogen) atoms. The van der Waals surface area contributed by atoms with E-state index in [0.717, 1.165) is 11.3 Å². The zero-order valence-corrected chi connectivity index (χ0v) is 14.2. The van der Waals surface area contributed by atoms with Crippen molar-refractivity contribution in [2.24, 2.45) is 0 Å². The first-order valence-electron chi connectivity index (χ1n) is 7.87. The Hall–Kier alpha value is -2.82. The number of hydrogen-bond acceptors (Lipinski definition) is 3. The van der Waals surface area contributed by atoms with Gasteiger partial charge in [-0.05, 0) is 50.2 Å². The normalized spacial score (nSPS) is 10.1. The molecular weight excluding hydrogens is 304 g/mol. The second-order valence-corrected chi connectivity index (χ2v) is 5.45. The molecular formula is C19H22N2O3. The van der Waals surface area contributed by atoms with Gasteiger partial charge in [-0.25, -0.2) is 0 Å². The highest BCUT2D eigenvalue weighted by Gasteiger charge is 2.16. The molecule has 0 bridgehead atoms. The number of nitrogens with zero attached hydrogens (tertiary/aromatic N) is 1. The number of carbonyl (C=O) groups excluding carboxylic acids is 2. The quantitative estimate of drug-likeness (QED) is 0.885. The maximum absolute atomic E-state index is 12.2. The number of rotatable bonds is 6. The molecule has 2 aromatic rings. The summed E-state index contributed by atoms with van der Waals surface area (Å²) in [7, 11) is 0. The van der Waals surface area contributed by atoms with E-state index in [1.165, 1.54) is 11.8 Å². The maximum atomic E-state index is 12.2. The van der Waals surface area contributed by atoms with Gasteiger partial charge in [0.2, 0.25) is 11.8 Å². The molecule has 0 heterocycles. The Morgan fingerprint density at radius 1 is 1.04 bits per heavy atom. The molecule has 2 aromatic carbocycles. The van der Waals surface area contributed by atoms with Crippen LogP contribution in [0.1, 0.15) is 19.4 Å². The van der Waals surface area contributed by atoms with Crippen LogP contribution in [0.4, 0.5) is 11.4 Å². The number of nitrogens with one attached hydrogen (secondary N) is 1. The zero-order valence-electron chi connectivity index (χ0n) is 14.2. The summed E-state index contributed by atoms with van der Waals surface area (Å²) in [5.41, 5.74) is 2.48. The Balaban J connectivity index is 2.06. The van der Waals surface area contributed by atoms with Gasteiger partial charge in [0, 0.05) is 18.3 Å². The Bertz CT molecular complexity index is 694. The molecule has 0 saturated carbocycles. The van der Waals surface area contributed by atoms with E-state index < -0.39 is 0 Å². The van der Waals surface area contributed by atoms with Gasteiger partial charge in [-0.3, -0.25) is 9.59 Å². The summed E-state index contributed by atoms with van der Waals surface area (Å²) in [4.78, 5) is 25.6. The van der Waals surface area contributed by atoms with Crippen molar-refractivity contribution in [3.63, 3.8) is 0 Å². The number of carbonyl (C=O) groups is 2. The first-order chi connectivity index (χ1) is 11.5. The van der Waals surface area contributed by atoms with Crippen LogP contribution in [0.3, 0.4) is 0 Å². The number of aryl methyl sites for hydroxylation is 1. The highest BCUT2D eigenvalue weighted by atomic mass is 16.5. The molecule has 0 aliphatic rings. The molecule has 0 spiro atoms. The third-order valence-electron chi connectivity index (χ3n) is 3.48. The molecule has 0 unspecified atom stereocenters. The predicted octanol–water partition coefficient (Wildman–Crippen LogP) is 3.39. The summed E-state index contributed by atoms with van der Waals surface area (Å²) >= 11 is 0. The van der Waals surface area contributed by atoms with Crippen molar-refractivity contribution >= 4 is 23.2 Å². The van der Waals surface area contributed by atoms with Crippen LogP contribution in [-0.2, 0) is 9.59 Å². The van der Waals surface area contributed by atoms with E-state index in [1.807, 2.05) is 38.1 Å². The van der Waals surface area contributed by atoms with Crippen molar-refractivity contribution in [2.45, 2.75) is 20.8 Å². The number of benzene rings is 2. The Labute approximate surface area is 142 Å². The van der Waals surface area contributed by atoms with Gasteiger partial charge >= 0.3 is 0 Å². The predicted molar refractivity (Wildman–Crippen MR) is 95.4 cm³/mol. The lowest BCUT2D eigenvalue weighted by Crippen LogP contribution is -2.36. The van der Waals surface area contributed by atoms with Gasteiger partial charge < -0.3 is 15.0 Å². The van der Waals surface area contributed by atoms with Gasteiger partial charge in [0.1, 0.15) is 12.3 Å². The van der Waals surface area contributed by atoms with E-state index in [2.05, 4.69) is 5.32 Å². The molecule has 0 saturated heterocycles. The first-order valence-corrected chi connectivity index (χ1v) is 7.87. The monoisotopic (exact) mass is 326 g/mol. The van der Waals surface area contributed by atoms with E-state index in [0.29, 0.717) is 18.0 Å². The number of ether oxygens (including phenoxy) is 1. The molecule has 0 aliphatic heterocycles. The lowest BCUT2D eigenvalue weighted by Gasteiger charge is -2.21. The van der Waals surface area contributed by atoms with Crippen LogP contribution in [0.15, 0.2) is 48.5 Å². The average Bonchev–Trinajstić information content (AvgIpc) is 2.56. The first kappa shape index (κ1) is 17.5. The summed E-state index contributed by atoms with van der Waals surface area (Å²) in [5, 5.41) is 2.80. The SMILES string of the molecule is CCOc1ccc(N(CC(=O)Nc2ccc(C)cc2)C(C)=O)cc1. The summed E-state index contributed by atoms with van der Waals surface area (Å²) in [6, 6.07) is 14.6. The second-order valence-electron chi connectivity index (χ2n) is 5.45. The lowest BCUT2D eigenvalue weighted by atomic mass is 10.2. The van der Waals surface area contributed by atoms with Crippen LogP contribution in [0.25, 0.3) is 0 Å². The third kappa shape index (κ3) is 4.84. The largest absolute Gasteiger partial charge is 0.494 e. The van der Waals surface area contributed by atoms with Crippen molar-refractivity contribution < 1.29 is 14.3 Å². The topological polar surface area (TPSA) is 58.6 Å². The standard InChI is InChI=1S/C19H22N2O3/c1-4-24-18-11-9-17(10-12-18)21(15(3)22)13-19(23)20-16-7-5-14(2)6-8-16/h5-12H,4,13H2,1-3H3,(H,20,23). The fourth-order valence-electron chi connectivity index (χ4n) is 2.25. The van der Waals surface area contributed by atoms with Gasteiger partial charge in [-0.2, -0.15) is 0 Å². The second kappa shape index (κ2) is 8.15. The van der Waals surface area contributed by atoms with Gasteiger partial charge in [-0.1, -0.05) is 17.7 Å². The smallest absolute Gasteiger partial charge is 0.244 e. The zero-order chi connectivity index (χ0) is 17.5. The minimum Gasteiger partial charge on any atom is -0.494 e. The van der Waals surface area contributed by atoms with Crippen molar-refractivity contribution in [1.82, 2.24) is 0 Å². The number of anilines is 2. The molecule has 0 fully saturated rings. The van der Waals surface area contributed by atoms with Gasteiger partial charge in [0.15, 0.2) is 0 Å². The minimum absolute atomic E-state index is 0.0445. The highest BCUT2D eigenvalue weighted by Crippen LogP contribution is 2.20. The molecule has 2 rings (SSSR count). The highest BCUT2D eigenvalue weighted by molar-refractivity contribution is 6.01. The van der Waals surface area contributed by atoms with Gasteiger partial charge in [0.25, 0.3) is 0 Å². The fourth-order valence-corrected chi connectivity index (χ4v) is 2.25. The van der Waals surface area contributed by atoms with E-state index in [1.54, 1.807) is 24.3 Å². The Kier molecular flexibility index (Phi) is 5.95. The van der Waals surface area contributed by atoms with Gasteiger partial charge in [0.05, 0.1) is 6.61 Å². The Morgan fingerprint density at radius 3 is 2.21 bits per heavy atom. The minimum atomic E-state index is -0.247. The van der Waals surface area contributed by atoms with Crippen molar-refractivity contribution in [1.29, 1.82) is 0 Å². The number of amides is 2. The van der Waals surface area contributed by atoms with Crippen LogP contribution in [0.2, 0.25) is 0 Å². The van der Waals surface area contributed by atoms with Crippen molar-refractivity contribution in [3.8, 4) is 5.75 Å². The molecule has 0 aliphatic carbocycles. The van der Waals surface area contributed by atoms with Crippen LogP contribution in [-0.4, -0.2) is 25.0 Å². The van der Waals surface area contributed by atoms with Crippen LogP contribution in [0, 0.1) is 6.92 Å². The van der Waals surface area contributed by atoms with E-state index in [9.17, 15) is 9.59 Å². The fraction of sp³-hybridized carbons (Fsp3) is 0.263. The maximum Gasteiger partial charge on any atom is 0.244 e. The van der Waals surface area contributed by atoms with Crippen LogP contribution < -0.4 is 15.0 Å². The van der Waals surface area contributed by atoms with E-state index >= 15 is 0 Å². The van der Waals surface area contributed by atoms with Crippen LogP contribution >= 0.6 is 0 Å². The lowest BCUT2D eigenvalue weighted by molar-refractivity contribution is -0.120. The van der Waals surface area contributed by atoms with Crippen molar-refractivity contribution in [3.05, 3.63) is 54.1 Å². The van der Waals surface area contributed by atoms with Gasteiger partial charge in [-0.15, -0.1) is 0 Å².